The van der Waals surface area contributed by atoms with Gasteiger partial charge in [0.15, 0.2) is 0 Å². The first-order valence-electron chi connectivity index (χ1n) is 8.23. The average Bonchev–Trinajstić information content (AvgIpc) is 3.25. The van der Waals surface area contributed by atoms with Gasteiger partial charge in [-0.1, -0.05) is 6.07 Å². The maximum atomic E-state index is 12.8. The van der Waals surface area contributed by atoms with Crippen LogP contribution in [-0.4, -0.2) is 26.4 Å². The molecule has 0 saturated heterocycles. The number of rotatable bonds is 3. The van der Waals surface area contributed by atoms with Gasteiger partial charge in [0, 0.05) is 26.1 Å². The molecule has 4 rings (SSSR count). The fraction of sp³-hybridized carbons (Fsp3) is 0.353. The number of nitrogens with one attached hydrogen (secondary N) is 1. The van der Waals surface area contributed by atoms with Crippen molar-refractivity contribution < 1.29 is 17.6 Å². The number of aromatic amines is 1. The van der Waals surface area contributed by atoms with E-state index in [0.29, 0.717) is 24.7 Å². The molecule has 0 aromatic carbocycles. The monoisotopic (exact) mass is 396 g/mol. The topological polar surface area (TPSA) is 75.0 Å². The van der Waals surface area contributed by atoms with Gasteiger partial charge in [0.25, 0.3) is 5.56 Å². The van der Waals surface area contributed by atoms with Crippen LogP contribution in [0.1, 0.15) is 28.5 Å². The normalized spacial score (nSPS) is 15.1. The first-order chi connectivity index (χ1) is 12.8. The first kappa shape index (κ1) is 17.9. The van der Waals surface area contributed by atoms with Gasteiger partial charge in [0.2, 0.25) is 11.7 Å². The molecule has 0 saturated carbocycles. The second-order valence-electron chi connectivity index (χ2n) is 6.30. The molecule has 1 aliphatic heterocycles. The molecule has 3 aromatic heterocycles. The maximum Gasteiger partial charge on any atom is 0.449 e. The van der Waals surface area contributed by atoms with E-state index in [0.717, 1.165) is 10.6 Å². The van der Waals surface area contributed by atoms with E-state index in [1.807, 2.05) is 34.3 Å². The number of hydrogen-bond donors (Lipinski definition) is 1. The van der Waals surface area contributed by atoms with Crippen LogP contribution in [0.15, 0.2) is 26.7 Å². The molecular weight excluding hydrogens is 381 g/mol. The third kappa shape index (κ3) is 3.54. The van der Waals surface area contributed by atoms with Gasteiger partial charge in [-0.15, -0.1) is 11.3 Å². The molecule has 3 aromatic rings. The van der Waals surface area contributed by atoms with Crippen molar-refractivity contribution in [2.75, 3.05) is 6.54 Å². The van der Waals surface area contributed by atoms with Crippen molar-refractivity contribution in [3.05, 3.63) is 56.4 Å². The Balaban J connectivity index is 1.55. The van der Waals surface area contributed by atoms with E-state index in [1.165, 1.54) is 11.3 Å². The van der Waals surface area contributed by atoms with Crippen molar-refractivity contribution >= 4 is 11.3 Å². The smallest absolute Gasteiger partial charge is 0.440 e. The van der Waals surface area contributed by atoms with Gasteiger partial charge in [0.1, 0.15) is 5.76 Å². The summed E-state index contributed by atoms with van der Waals surface area (Å²) < 4.78 is 44.1. The molecule has 0 spiro atoms. The van der Waals surface area contributed by atoms with Crippen LogP contribution in [0.25, 0.3) is 10.8 Å². The van der Waals surface area contributed by atoms with Crippen LogP contribution in [0.2, 0.25) is 0 Å². The predicted molar refractivity (Wildman–Crippen MR) is 92.2 cm³/mol. The number of fused-ring (bicyclic) bond motifs is 1. The molecule has 10 heteroatoms. The zero-order valence-corrected chi connectivity index (χ0v) is 15.1. The van der Waals surface area contributed by atoms with E-state index in [-0.39, 0.29) is 24.2 Å². The summed E-state index contributed by atoms with van der Waals surface area (Å²) in [7, 11) is 0. The number of oxazole rings is 1. The van der Waals surface area contributed by atoms with E-state index >= 15 is 0 Å². The first-order valence-corrected chi connectivity index (χ1v) is 9.11. The van der Waals surface area contributed by atoms with Crippen molar-refractivity contribution in [3.8, 4) is 10.8 Å². The van der Waals surface area contributed by atoms with Crippen molar-refractivity contribution in [2.45, 2.75) is 32.6 Å². The number of hydrogen-bond acceptors (Lipinski definition) is 6. The highest BCUT2D eigenvalue weighted by Crippen LogP contribution is 2.28. The molecule has 1 N–H and O–H groups in total. The Morgan fingerprint density at radius 2 is 2.19 bits per heavy atom. The third-order valence-electron chi connectivity index (χ3n) is 4.41. The van der Waals surface area contributed by atoms with Crippen LogP contribution < -0.4 is 5.56 Å². The number of alkyl halides is 3. The van der Waals surface area contributed by atoms with E-state index < -0.39 is 17.6 Å². The average molecular weight is 396 g/mol. The maximum absolute atomic E-state index is 12.8. The Kier molecular flexibility index (Phi) is 4.39. The lowest BCUT2D eigenvalue weighted by atomic mass is 10.1. The highest BCUT2D eigenvalue weighted by molar-refractivity contribution is 7.13. The second kappa shape index (κ2) is 6.61. The third-order valence-corrected chi connectivity index (χ3v) is 5.27. The Morgan fingerprint density at radius 1 is 1.37 bits per heavy atom. The van der Waals surface area contributed by atoms with Gasteiger partial charge in [-0.2, -0.15) is 13.2 Å². The van der Waals surface area contributed by atoms with Crippen LogP contribution >= 0.6 is 11.3 Å². The van der Waals surface area contributed by atoms with Crippen molar-refractivity contribution in [1.29, 1.82) is 0 Å². The number of aromatic nitrogens is 3. The molecule has 0 fully saturated rings. The summed E-state index contributed by atoms with van der Waals surface area (Å²) in [6.07, 6.45) is -4.39. The van der Waals surface area contributed by atoms with Gasteiger partial charge in [-0.3, -0.25) is 9.69 Å². The lowest BCUT2D eigenvalue weighted by Gasteiger charge is -2.27. The molecule has 27 heavy (non-hydrogen) atoms. The van der Waals surface area contributed by atoms with Crippen LogP contribution in [0.4, 0.5) is 13.2 Å². The Bertz CT molecular complexity index is 1020. The minimum atomic E-state index is -4.67. The second-order valence-corrected chi connectivity index (χ2v) is 7.25. The van der Waals surface area contributed by atoms with E-state index in [9.17, 15) is 18.0 Å². The summed E-state index contributed by atoms with van der Waals surface area (Å²) in [5.74, 6) is -0.0134. The van der Waals surface area contributed by atoms with E-state index in [1.54, 1.807) is 0 Å². The van der Waals surface area contributed by atoms with Crippen molar-refractivity contribution in [1.82, 2.24) is 19.9 Å². The van der Waals surface area contributed by atoms with Gasteiger partial charge in [-0.25, -0.2) is 9.97 Å². The van der Waals surface area contributed by atoms with Crippen LogP contribution in [-0.2, 0) is 25.7 Å². The highest BCUT2D eigenvalue weighted by atomic mass is 32.1. The summed E-state index contributed by atoms with van der Waals surface area (Å²) in [6.45, 7) is 2.97. The molecule has 0 unspecified atom stereocenters. The van der Waals surface area contributed by atoms with E-state index in [4.69, 9.17) is 4.42 Å². The minimum Gasteiger partial charge on any atom is -0.440 e. The van der Waals surface area contributed by atoms with Crippen molar-refractivity contribution in [3.63, 3.8) is 0 Å². The number of H-pyrrole nitrogens is 1. The molecule has 1 aliphatic rings. The molecule has 142 valence electrons. The lowest BCUT2D eigenvalue weighted by Crippen LogP contribution is -2.36. The van der Waals surface area contributed by atoms with Crippen LogP contribution in [0.5, 0.6) is 0 Å². The number of nitrogens with zero attached hydrogens (tertiary/aromatic N) is 3. The fourth-order valence-corrected chi connectivity index (χ4v) is 3.69. The van der Waals surface area contributed by atoms with Gasteiger partial charge in [-0.05, 0) is 18.4 Å². The standard InChI is InChI=1S/C17H15F3N4O2S/c1-9-12(21-15(26-9)13-3-2-6-27-13)8-24-5-4-11-10(7-24)14(25)23-16(22-11)17(18,19)20/h2-3,6H,4-5,7-8H2,1H3,(H,22,23,25). The Morgan fingerprint density at radius 3 is 2.89 bits per heavy atom. The zero-order chi connectivity index (χ0) is 19.2. The summed E-state index contributed by atoms with van der Waals surface area (Å²) in [5.41, 5.74) is 0.485. The highest BCUT2D eigenvalue weighted by Gasteiger charge is 2.36. The zero-order valence-electron chi connectivity index (χ0n) is 14.3. The molecule has 0 radical (unpaired) electrons. The van der Waals surface area contributed by atoms with Crippen LogP contribution in [0.3, 0.4) is 0 Å². The SMILES string of the molecule is Cc1oc(-c2cccs2)nc1CN1CCc2nc(C(F)(F)F)[nH]c(=O)c2C1. The summed E-state index contributed by atoms with van der Waals surface area (Å²) >= 11 is 1.52. The number of thiophene rings is 1. The number of halogens is 3. The summed E-state index contributed by atoms with van der Waals surface area (Å²) in [5, 5.41) is 1.94. The van der Waals surface area contributed by atoms with E-state index in [2.05, 4.69) is 9.97 Å². The quantitative estimate of drug-likeness (QED) is 0.735. The number of aryl methyl sites for hydroxylation is 1. The molecule has 6 nitrogen and oxygen atoms in total. The van der Waals surface area contributed by atoms with Gasteiger partial charge >= 0.3 is 6.18 Å². The summed E-state index contributed by atoms with van der Waals surface area (Å²) in [6, 6.07) is 3.83. The molecular formula is C17H15F3N4O2S. The van der Waals surface area contributed by atoms with Crippen LogP contribution in [0, 0.1) is 6.92 Å². The molecule has 0 atom stereocenters. The predicted octanol–water partition coefficient (Wildman–Crippen LogP) is 3.37. The summed E-state index contributed by atoms with van der Waals surface area (Å²) in [4.78, 5) is 24.9. The molecule has 0 bridgehead atoms. The molecule has 0 aliphatic carbocycles. The minimum absolute atomic E-state index is 0.207. The largest absolute Gasteiger partial charge is 0.449 e. The fourth-order valence-electron chi connectivity index (χ4n) is 3.04. The Labute approximate surface area is 155 Å². The molecule has 0 amide bonds. The Hall–Kier alpha value is -2.46. The van der Waals surface area contributed by atoms with Gasteiger partial charge < -0.3 is 9.40 Å². The lowest BCUT2D eigenvalue weighted by molar-refractivity contribution is -0.145. The van der Waals surface area contributed by atoms with Gasteiger partial charge in [0.05, 0.1) is 21.8 Å². The van der Waals surface area contributed by atoms with Crippen molar-refractivity contribution in [2.24, 2.45) is 0 Å². The molecule has 4 heterocycles.